The molecule has 0 saturated heterocycles. The van der Waals surface area contributed by atoms with E-state index >= 15 is 0 Å². The quantitative estimate of drug-likeness (QED) is 0.593. The number of amides is 1. The second-order valence-corrected chi connectivity index (χ2v) is 6.97. The van der Waals surface area contributed by atoms with E-state index in [1.165, 1.54) is 19.3 Å². The average molecular weight is 364 g/mol. The molecule has 4 nitrogen and oxygen atoms in total. The number of ether oxygens (including phenoxy) is 1. The summed E-state index contributed by atoms with van der Waals surface area (Å²) in [6.45, 7) is 4.53. The van der Waals surface area contributed by atoms with Gasteiger partial charge in [0.25, 0.3) is 0 Å². The van der Waals surface area contributed by atoms with Gasteiger partial charge in [-0.2, -0.15) is 5.10 Å². The van der Waals surface area contributed by atoms with E-state index in [1.54, 1.807) is 11.9 Å². The normalized spacial score (nSPS) is 16.3. The van der Waals surface area contributed by atoms with Crippen LogP contribution in [0.1, 0.15) is 63.1 Å². The number of benzene rings is 2. The fourth-order valence-electron chi connectivity index (χ4n) is 3.37. The van der Waals surface area contributed by atoms with Crippen molar-refractivity contribution in [1.29, 1.82) is 0 Å². The Hall–Kier alpha value is -2.62. The Morgan fingerprint density at radius 2 is 1.81 bits per heavy atom. The van der Waals surface area contributed by atoms with Gasteiger partial charge < -0.3 is 4.74 Å². The van der Waals surface area contributed by atoms with Gasteiger partial charge in [0.05, 0.1) is 18.4 Å². The van der Waals surface area contributed by atoms with Gasteiger partial charge in [0, 0.05) is 13.3 Å². The van der Waals surface area contributed by atoms with Crippen LogP contribution in [0, 0.1) is 0 Å². The molecule has 0 fully saturated rings. The van der Waals surface area contributed by atoms with Crippen LogP contribution in [0.5, 0.6) is 5.75 Å². The number of rotatable bonds is 8. The topological polar surface area (TPSA) is 41.9 Å². The molecule has 1 aliphatic rings. The van der Waals surface area contributed by atoms with Crippen molar-refractivity contribution in [3.05, 3.63) is 65.7 Å². The molecule has 27 heavy (non-hydrogen) atoms. The van der Waals surface area contributed by atoms with Gasteiger partial charge >= 0.3 is 0 Å². The predicted octanol–water partition coefficient (Wildman–Crippen LogP) is 5.34. The minimum atomic E-state index is -0.0590. The first kappa shape index (κ1) is 19.2. The third-order valence-electron chi connectivity index (χ3n) is 4.87. The third-order valence-corrected chi connectivity index (χ3v) is 4.87. The molecule has 0 unspecified atom stereocenters. The molecule has 0 spiro atoms. The fraction of sp³-hybridized carbons (Fsp3) is 0.391. The highest BCUT2D eigenvalue weighted by atomic mass is 16.5. The third kappa shape index (κ3) is 4.97. The number of nitrogens with zero attached hydrogens (tertiary/aromatic N) is 2. The van der Waals surface area contributed by atoms with E-state index in [0.717, 1.165) is 42.0 Å². The number of carbonyl (C=O) groups is 1. The van der Waals surface area contributed by atoms with E-state index in [2.05, 4.69) is 12.0 Å². The zero-order valence-corrected chi connectivity index (χ0v) is 16.2. The highest BCUT2D eigenvalue weighted by Crippen LogP contribution is 2.33. The first-order valence-corrected chi connectivity index (χ1v) is 9.84. The van der Waals surface area contributed by atoms with Crippen molar-refractivity contribution in [2.75, 3.05) is 6.61 Å². The number of carbonyl (C=O) groups excluding carboxylic acids is 1. The van der Waals surface area contributed by atoms with Gasteiger partial charge in [-0.3, -0.25) is 4.79 Å². The molecule has 0 saturated carbocycles. The standard InChI is InChI=1S/C23H28N2O2/c1-3-4-5-9-16-27-21-14-12-20(13-15-21)23-17-22(24-25(23)18(2)26)19-10-7-6-8-11-19/h6-8,10-15,23H,3-5,9,16-17H2,1-2H3/t23-/m1/s1. The summed E-state index contributed by atoms with van der Waals surface area (Å²) in [6, 6.07) is 18.1. The summed E-state index contributed by atoms with van der Waals surface area (Å²) in [5.41, 5.74) is 3.10. The van der Waals surface area contributed by atoms with Crippen molar-refractivity contribution in [2.24, 2.45) is 5.10 Å². The highest BCUT2D eigenvalue weighted by Gasteiger charge is 2.31. The molecule has 0 radical (unpaired) electrons. The average Bonchev–Trinajstić information content (AvgIpc) is 3.15. The van der Waals surface area contributed by atoms with Crippen LogP contribution in [-0.4, -0.2) is 23.2 Å². The van der Waals surface area contributed by atoms with Gasteiger partial charge in [-0.15, -0.1) is 0 Å². The van der Waals surface area contributed by atoms with Crippen molar-refractivity contribution >= 4 is 11.6 Å². The minimum absolute atomic E-state index is 0.0396. The molecule has 4 heteroatoms. The summed E-state index contributed by atoms with van der Waals surface area (Å²) >= 11 is 0. The molecule has 1 amide bonds. The summed E-state index contributed by atoms with van der Waals surface area (Å²) in [4.78, 5) is 12.1. The molecule has 1 atom stereocenters. The minimum Gasteiger partial charge on any atom is -0.494 e. The Bertz CT molecular complexity index is 769. The SMILES string of the molecule is CCCCCCOc1ccc([C@H]2CC(c3ccccc3)=NN2C(C)=O)cc1. The lowest BCUT2D eigenvalue weighted by Crippen LogP contribution is -2.24. The van der Waals surface area contributed by atoms with Crippen molar-refractivity contribution in [2.45, 2.75) is 52.0 Å². The first-order chi connectivity index (χ1) is 13.2. The molecule has 0 aliphatic carbocycles. The lowest BCUT2D eigenvalue weighted by atomic mass is 9.98. The second kappa shape index (κ2) is 9.36. The van der Waals surface area contributed by atoms with E-state index in [1.807, 2.05) is 54.6 Å². The first-order valence-electron chi connectivity index (χ1n) is 9.84. The van der Waals surface area contributed by atoms with Crippen molar-refractivity contribution in [3.8, 4) is 5.75 Å². The number of hydrogen-bond acceptors (Lipinski definition) is 3. The van der Waals surface area contributed by atoms with Crippen LogP contribution >= 0.6 is 0 Å². The molecule has 1 heterocycles. The monoisotopic (exact) mass is 364 g/mol. The van der Waals surface area contributed by atoms with E-state index in [-0.39, 0.29) is 11.9 Å². The lowest BCUT2D eigenvalue weighted by molar-refractivity contribution is -0.130. The Kier molecular flexibility index (Phi) is 6.64. The predicted molar refractivity (Wildman–Crippen MR) is 109 cm³/mol. The van der Waals surface area contributed by atoms with Gasteiger partial charge in [0.15, 0.2) is 0 Å². The molecule has 1 aliphatic heterocycles. The number of hydrazone groups is 1. The van der Waals surface area contributed by atoms with E-state index in [0.29, 0.717) is 0 Å². The van der Waals surface area contributed by atoms with Gasteiger partial charge in [0.1, 0.15) is 5.75 Å². The van der Waals surface area contributed by atoms with E-state index in [9.17, 15) is 4.79 Å². The van der Waals surface area contributed by atoms with Crippen LogP contribution in [0.25, 0.3) is 0 Å². The summed E-state index contributed by atoms with van der Waals surface area (Å²) in [5, 5.41) is 6.19. The molecule has 0 N–H and O–H groups in total. The van der Waals surface area contributed by atoms with Gasteiger partial charge in [-0.05, 0) is 29.7 Å². The van der Waals surface area contributed by atoms with Gasteiger partial charge in [-0.25, -0.2) is 5.01 Å². The van der Waals surface area contributed by atoms with Crippen LogP contribution in [0.4, 0.5) is 0 Å². The largest absolute Gasteiger partial charge is 0.494 e. The molecule has 2 aromatic rings. The summed E-state index contributed by atoms with van der Waals surface area (Å²) < 4.78 is 5.83. The molecule has 2 aromatic carbocycles. The lowest BCUT2D eigenvalue weighted by Gasteiger charge is -2.20. The highest BCUT2D eigenvalue weighted by molar-refractivity contribution is 6.03. The van der Waals surface area contributed by atoms with Crippen LogP contribution in [0.2, 0.25) is 0 Å². The molecule has 3 rings (SSSR count). The number of hydrogen-bond donors (Lipinski definition) is 0. The molecule has 142 valence electrons. The molecular formula is C23H28N2O2. The molecule has 0 aromatic heterocycles. The number of unbranched alkanes of at least 4 members (excludes halogenated alkanes) is 3. The Labute approximate surface area is 161 Å². The maximum absolute atomic E-state index is 12.1. The fourth-order valence-corrected chi connectivity index (χ4v) is 3.37. The summed E-state index contributed by atoms with van der Waals surface area (Å²) in [5.74, 6) is 0.842. The molecule has 0 bridgehead atoms. The van der Waals surface area contributed by atoms with Crippen molar-refractivity contribution < 1.29 is 9.53 Å². The Balaban J connectivity index is 1.65. The summed E-state index contributed by atoms with van der Waals surface area (Å²) in [7, 11) is 0. The van der Waals surface area contributed by atoms with Crippen LogP contribution < -0.4 is 4.74 Å². The maximum Gasteiger partial charge on any atom is 0.240 e. The molecular weight excluding hydrogens is 336 g/mol. The van der Waals surface area contributed by atoms with E-state index < -0.39 is 0 Å². The zero-order valence-electron chi connectivity index (χ0n) is 16.2. The summed E-state index contributed by atoms with van der Waals surface area (Å²) in [6.07, 6.45) is 5.51. The van der Waals surface area contributed by atoms with Crippen LogP contribution in [-0.2, 0) is 4.79 Å². The van der Waals surface area contributed by atoms with Crippen molar-refractivity contribution in [1.82, 2.24) is 5.01 Å². The van der Waals surface area contributed by atoms with E-state index in [4.69, 9.17) is 4.74 Å². The smallest absolute Gasteiger partial charge is 0.240 e. The maximum atomic E-state index is 12.1. The Morgan fingerprint density at radius 3 is 2.48 bits per heavy atom. The zero-order chi connectivity index (χ0) is 19.1. The van der Waals surface area contributed by atoms with Crippen molar-refractivity contribution in [3.63, 3.8) is 0 Å². The Morgan fingerprint density at radius 1 is 1.07 bits per heavy atom. The van der Waals surface area contributed by atoms with Crippen LogP contribution in [0.15, 0.2) is 59.7 Å². The van der Waals surface area contributed by atoms with Crippen LogP contribution in [0.3, 0.4) is 0 Å². The van der Waals surface area contributed by atoms with Gasteiger partial charge in [0.2, 0.25) is 5.91 Å². The van der Waals surface area contributed by atoms with Gasteiger partial charge in [-0.1, -0.05) is 68.7 Å². The second-order valence-electron chi connectivity index (χ2n) is 6.97.